The Morgan fingerprint density at radius 2 is 0.628 bits per heavy atom. The topological polar surface area (TPSA) is 176 Å². The summed E-state index contributed by atoms with van der Waals surface area (Å²) >= 11 is 0. The first-order chi connectivity index (χ1) is 38.0. The van der Waals surface area contributed by atoms with Gasteiger partial charge in [-0.05, 0) is 148 Å². The summed E-state index contributed by atoms with van der Waals surface area (Å²) in [5, 5.41) is 0. The summed E-state index contributed by atoms with van der Waals surface area (Å²) in [5.74, 6) is -0.499. The van der Waals surface area contributed by atoms with Gasteiger partial charge in [0.15, 0.2) is 0 Å². The van der Waals surface area contributed by atoms with E-state index in [9.17, 15) is 28.8 Å². The molecular weight excluding hydrogens is 993 g/mol. The van der Waals surface area contributed by atoms with Gasteiger partial charge in [0.25, 0.3) is 0 Å². The van der Waals surface area contributed by atoms with Crippen molar-refractivity contribution >= 4 is 35.8 Å². The molecule has 5 rings (SSSR count). The molecule has 4 aromatic carbocycles. The van der Waals surface area contributed by atoms with Crippen molar-refractivity contribution in [2.45, 2.75) is 169 Å². The molecule has 1 aliphatic carbocycles. The SMILES string of the molecule is CCCCCCCOC(=O)c1ccc(OC(=O)C2CCC(C(=O)Oc3ccc(C(=O)OCCCCCCC)cc3)CC2)cc1.CCCCCCOc1ccc(OC(=O)C=CC(=O)Oc2ccc(OCCCCCC)cc2)cc1.[HH]. The molecule has 4 aromatic rings. The lowest BCUT2D eigenvalue weighted by Gasteiger charge is -2.25. The second kappa shape index (κ2) is 38.6. The highest BCUT2D eigenvalue weighted by atomic mass is 16.6. The molecule has 1 aliphatic rings. The summed E-state index contributed by atoms with van der Waals surface area (Å²) in [6.45, 7) is 10.8. The van der Waals surface area contributed by atoms with E-state index in [0.29, 0.717) is 86.2 Å². The third kappa shape index (κ3) is 26.4. The van der Waals surface area contributed by atoms with Crippen LogP contribution in [0.2, 0.25) is 0 Å². The van der Waals surface area contributed by atoms with Crippen LogP contribution in [0.5, 0.6) is 34.5 Å². The van der Waals surface area contributed by atoms with Crippen molar-refractivity contribution in [1.82, 2.24) is 0 Å². The van der Waals surface area contributed by atoms with E-state index in [1.165, 1.54) is 51.4 Å². The van der Waals surface area contributed by atoms with E-state index >= 15 is 0 Å². The third-order valence-electron chi connectivity index (χ3n) is 12.9. The molecule has 14 heteroatoms. The van der Waals surface area contributed by atoms with Crippen LogP contribution in [0.15, 0.2) is 109 Å². The summed E-state index contributed by atoms with van der Waals surface area (Å²) in [5.41, 5.74) is 0.834. The zero-order valence-electron chi connectivity index (χ0n) is 46.6. The molecule has 0 aromatic heterocycles. The van der Waals surface area contributed by atoms with Crippen molar-refractivity contribution < 1.29 is 68.1 Å². The Morgan fingerprint density at radius 3 is 0.962 bits per heavy atom. The van der Waals surface area contributed by atoms with Gasteiger partial charge >= 0.3 is 35.8 Å². The van der Waals surface area contributed by atoms with Gasteiger partial charge in [0.1, 0.15) is 34.5 Å². The summed E-state index contributed by atoms with van der Waals surface area (Å²) < 4.78 is 43.5. The smallest absolute Gasteiger partial charge is 0.338 e. The molecule has 0 heterocycles. The first-order valence-electron chi connectivity index (χ1n) is 28.6. The largest absolute Gasteiger partial charge is 0.494 e. The van der Waals surface area contributed by atoms with E-state index in [1.54, 1.807) is 97.1 Å². The van der Waals surface area contributed by atoms with E-state index in [4.69, 9.17) is 37.9 Å². The number of carbonyl (C=O) groups is 6. The summed E-state index contributed by atoms with van der Waals surface area (Å²) in [4.78, 5) is 73.9. The second-order valence-corrected chi connectivity index (χ2v) is 19.5. The lowest BCUT2D eigenvalue weighted by Crippen LogP contribution is -2.30. The van der Waals surface area contributed by atoms with E-state index in [0.717, 1.165) is 87.9 Å². The average Bonchev–Trinajstić information content (AvgIpc) is 3.45. The Bertz CT molecular complexity index is 2210. The van der Waals surface area contributed by atoms with E-state index in [2.05, 4.69) is 27.7 Å². The number of carbonyl (C=O) groups excluding carboxylic acids is 6. The van der Waals surface area contributed by atoms with Crippen LogP contribution in [0.3, 0.4) is 0 Å². The Morgan fingerprint density at radius 1 is 0.359 bits per heavy atom. The van der Waals surface area contributed by atoms with Crippen molar-refractivity contribution in [3.8, 4) is 34.5 Å². The molecule has 0 atom stereocenters. The summed E-state index contributed by atoms with van der Waals surface area (Å²) in [6, 6.07) is 26.4. The zero-order valence-corrected chi connectivity index (χ0v) is 46.6. The molecular formula is C64H86O14. The van der Waals surface area contributed by atoms with Gasteiger partial charge in [0.05, 0.1) is 49.4 Å². The number of benzene rings is 4. The van der Waals surface area contributed by atoms with Crippen molar-refractivity contribution in [2.75, 3.05) is 26.4 Å². The highest BCUT2D eigenvalue weighted by molar-refractivity contribution is 5.93. The maximum atomic E-state index is 12.7. The van der Waals surface area contributed by atoms with Gasteiger partial charge in [-0.15, -0.1) is 0 Å². The maximum absolute atomic E-state index is 12.7. The number of hydrogen-bond acceptors (Lipinski definition) is 14. The van der Waals surface area contributed by atoms with Crippen LogP contribution in [0, 0.1) is 11.8 Å². The van der Waals surface area contributed by atoms with Gasteiger partial charge in [-0.3, -0.25) is 9.59 Å². The Kier molecular flexibility index (Phi) is 31.4. The van der Waals surface area contributed by atoms with Crippen LogP contribution < -0.4 is 28.4 Å². The van der Waals surface area contributed by atoms with Crippen molar-refractivity contribution in [3.63, 3.8) is 0 Å². The lowest BCUT2D eigenvalue weighted by atomic mass is 9.82. The number of esters is 6. The van der Waals surface area contributed by atoms with Crippen molar-refractivity contribution in [2.24, 2.45) is 11.8 Å². The van der Waals surface area contributed by atoms with E-state index in [-0.39, 0.29) is 37.1 Å². The molecule has 1 saturated carbocycles. The zero-order chi connectivity index (χ0) is 56.0. The summed E-state index contributed by atoms with van der Waals surface area (Å²) in [7, 11) is 0. The number of ether oxygens (including phenoxy) is 8. The Balaban J connectivity index is 0.000000424. The molecule has 0 radical (unpaired) electrons. The minimum Gasteiger partial charge on any atom is -0.494 e. The van der Waals surface area contributed by atoms with Gasteiger partial charge in [0, 0.05) is 13.6 Å². The molecule has 0 unspecified atom stereocenters. The molecule has 0 N–H and O–H groups in total. The predicted octanol–water partition coefficient (Wildman–Crippen LogP) is 15.2. The van der Waals surface area contributed by atoms with Crippen LogP contribution >= 0.6 is 0 Å². The fraction of sp³-hybridized carbons (Fsp3) is 0.500. The number of hydrogen-bond donors (Lipinski definition) is 0. The minimum absolute atomic E-state index is 0. The highest BCUT2D eigenvalue weighted by Gasteiger charge is 2.32. The maximum Gasteiger partial charge on any atom is 0.338 e. The highest BCUT2D eigenvalue weighted by Crippen LogP contribution is 2.32. The molecule has 0 saturated heterocycles. The molecule has 0 amide bonds. The molecule has 0 spiro atoms. The number of rotatable bonds is 34. The fourth-order valence-corrected chi connectivity index (χ4v) is 8.27. The molecule has 0 bridgehead atoms. The minimum atomic E-state index is -0.669. The van der Waals surface area contributed by atoms with Gasteiger partial charge < -0.3 is 37.9 Å². The summed E-state index contributed by atoms with van der Waals surface area (Å²) in [6.07, 6.45) is 24.1. The number of unbranched alkanes of at least 4 members (excludes halogenated alkanes) is 14. The lowest BCUT2D eigenvalue weighted by molar-refractivity contribution is -0.145. The van der Waals surface area contributed by atoms with Gasteiger partial charge in [0.2, 0.25) is 0 Å². The van der Waals surface area contributed by atoms with Crippen LogP contribution in [-0.4, -0.2) is 62.2 Å². The van der Waals surface area contributed by atoms with Crippen LogP contribution in [0.4, 0.5) is 0 Å². The predicted molar refractivity (Wildman–Crippen MR) is 302 cm³/mol. The molecule has 426 valence electrons. The molecule has 1 fully saturated rings. The van der Waals surface area contributed by atoms with E-state index < -0.39 is 11.9 Å². The van der Waals surface area contributed by atoms with Crippen LogP contribution in [0.25, 0.3) is 0 Å². The quantitative estimate of drug-likeness (QED) is 0.0187. The Hall–Kier alpha value is -6.96. The first kappa shape index (κ1) is 63.6. The monoisotopic (exact) mass is 1080 g/mol. The van der Waals surface area contributed by atoms with Gasteiger partial charge in [-0.25, -0.2) is 19.2 Å². The molecule has 0 aliphatic heterocycles. The standard InChI is InChI=1S/C36H48O8.C28H36O6.H2/c1-3-5-7-9-11-25-41-33(37)27-17-21-31(22-18-27)43-35(39)29-13-15-30(16-14-29)36(40)44-32-23-19-28(20-24-32)34(38)42-26-12-10-8-6-4-2;1-3-5-7-9-21-31-23-11-15-25(16-12-23)33-27(29)19-20-28(30)34-26-17-13-24(14-18-26)32-22-10-8-6-4-2;/h17-24,29-30H,3-16,25-26H2,1-2H3;11-20H,3-10,21-22H2,1-2H3;1H. The Labute approximate surface area is 464 Å². The van der Waals surface area contributed by atoms with Crippen LogP contribution in [0.1, 0.15) is 191 Å². The van der Waals surface area contributed by atoms with Gasteiger partial charge in [-0.2, -0.15) is 0 Å². The van der Waals surface area contributed by atoms with Gasteiger partial charge in [-0.1, -0.05) is 118 Å². The first-order valence-corrected chi connectivity index (χ1v) is 28.6. The average molecular weight is 1080 g/mol. The second-order valence-electron chi connectivity index (χ2n) is 19.5. The molecule has 14 nitrogen and oxygen atoms in total. The van der Waals surface area contributed by atoms with Crippen molar-refractivity contribution in [1.29, 1.82) is 0 Å². The van der Waals surface area contributed by atoms with Crippen molar-refractivity contribution in [3.05, 3.63) is 120 Å². The third-order valence-corrected chi connectivity index (χ3v) is 12.9. The normalized spacial score (nSPS) is 13.8. The fourth-order valence-electron chi connectivity index (χ4n) is 8.27. The van der Waals surface area contributed by atoms with E-state index in [1.807, 2.05) is 0 Å². The van der Waals surface area contributed by atoms with Crippen LogP contribution in [-0.2, 0) is 28.7 Å². The molecule has 78 heavy (non-hydrogen) atoms.